The molecule has 1 aliphatic carbocycles. The Bertz CT molecular complexity index is 584. The summed E-state index contributed by atoms with van der Waals surface area (Å²) in [7, 11) is 1.39. The number of carbonyl (C=O) groups is 1. The van der Waals surface area contributed by atoms with E-state index in [1.54, 1.807) is 6.20 Å². The van der Waals surface area contributed by atoms with Crippen LogP contribution in [0, 0.1) is 5.41 Å². The Morgan fingerprint density at radius 1 is 1.39 bits per heavy atom. The number of aromatic nitrogens is 2. The molecule has 1 heterocycles. The molecule has 1 saturated carbocycles. The Hall–Kier alpha value is -1.73. The third-order valence-corrected chi connectivity index (χ3v) is 4.18. The number of alkyl halides is 3. The fourth-order valence-corrected chi connectivity index (χ4v) is 2.33. The lowest BCUT2D eigenvalue weighted by Crippen LogP contribution is -2.33. The minimum atomic E-state index is -4.20. The first-order chi connectivity index (χ1) is 10.5. The van der Waals surface area contributed by atoms with Crippen LogP contribution in [0.3, 0.4) is 0 Å². The van der Waals surface area contributed by atoms with Gasteiger partial charge < -0.3 is 10.1 Å². The van der Waals surface area contributed by atoms with Crippen molar-refractivity contribution in [2.45, 2.75) is 51.6 Å². The van der Waals surface area contributed by atoms with Crippen LogP contribution in [0.1, 0.15) is 45.7 Å². The molecule has 8 heteroatoms. The Morgan fingerprint density at radius 3 is 2.43 bits per heavy atom. The van der Waals surface area contributed by atoms with Gasteiger partial charge in [-0.25, -0.2) is 9.36 Å². The average Bonchev–Trinajstić information content (AvgIpc) is 3.08. The minimum Gasteiger partial charge on any atom is -0.468 e. The molecule has 0 aromatic carbocycles. The van der Waals surface area contributed by atoms with Crippen molar-refractivity contribution in [2.24, 2.45) is 5.41 Å². The number of halogens is 3. The number of amides is 1. The van der Waals surface area contributed by atoms with Gasteiger partial charge >= 0.3 is 18.2 Å². The summed E-state index contributed by atoms with van der Waals surface area (Å²) >= 11 is 0. The molecular formula is C15H22F3N3O2. The first-order valence-corrected chi connectivity index (χ1v) is 7.49. The van der Waals surface area contributed by atoms with Gasteiger partial charge in [0.1, 0.15) is 0 Å². The van der Waals surface area contributed by atoms with E-state index in [1.807, 2.05) is 20.8 Å². The number of nitrogens with one attached hydrogen (secondary N) is 1. The minimum absolute atomic E-state index is 0.0372. The van der Waals surface area contributed by atoms with Crippen molar-refractivity contribution >= 4 is 6.03 Å². The van der Waals surface area contributed by atoms with Gasteiger partial charge in [-0.05, 0) is 19.3 Å². The fourth-order valence-electron chi connectivity index (χ4n) is 2.33. The van der Waals surface area contributed by atoms with Crippen LogP contribution in [-0.2, 0) is 5.41 Å². The zero-order valence-electron chi connectivity index (χ0n) is 13.8. The van der Waals surface area contributed by atoms with Crippen molar-refractivity contribution < 1.29 is 22.7 Å². The van der Waals surface area contributed by atoms with Crippen LogP contribution in [0.4, 0.5) is 18.0 Å². The van der Waals surface area contributed by atoms with E-state index < -0.39 is 17.6 Å². The van der Waals surface area contributed by atoms with Gasteiger partial charge in [0.05, 0.1) is 18.2 Å². The highest BCUT2D eigenvalue weighted by molar-refractivity contribution is 5.78. The smallest absolute Gasteiger partial charge is 0.394 e. The lowest BCUT2D eigenvalue weighted by molar-refractivity contribution is -0.188. The standard InChI is InChI=1S/C15H22F3N3O2/c1-13(2,3)10-9-21(12(20-10)23-4)11(22)19-8-7-14(5-6-14)15(16,17)18/h9H,5-8H2,1-4H3,(H,19,22). The first kappa shape index (κ1) is 17.6. The molecule has 0 unspecified atom stereocenters. The molecule has 1 fully saturated rings. The van der Waals surface area contributed by atoms with Gasteiger partial charge in [-0.1, -0.05) is 20.8 Å². The Morgan fingerprint density at radius 2 is 2.00 bits per heavy atom. The van der Waals surface area contributed by atoms with E-state index in [0.717, 1.165) is 0 Å². The van der Waals surface area contributed by atoms with Gasteiger partial charge in [-0.15, -0.1) is 0 Å². The van der Waals surface area contributed by atoms with E-state index in [-0.39, 0.29) is 37.2 Å². The highest BCUT2D eigenvalue weighted by Gasteiger charge is 2.62. The average molecular weight is 333 g/mol. The van der Waals surface area contributed by atoms with Crippen molar-refractivity contribution in [3.8, 4) is 6.01 Å². The zero-order valence-corrected chi connectivity index (χ0v) is 13.8. The molecular weight excluding hydrogens is 311 g/mol. The zero-order chi connectivity index (χ0) is 17.5. The molecule has 1 aromatic heterocycles. The second-order valence-electron chi connectivity index (χ2n) is 6.99. The molecule has 1 amide bonds. The molecule has 0 aliphatic heterocycles. The van der Waals surface area contributed by atoms with E-state index in [2.05, 4.69) is 10.3 Å². The second-order valence-corrected chi connectivity index (χ2v) is 6.99. The Kier molecular flexibility index (Phi) is 4.38. The molecule has 5 nitrogen and oxygen atoms in total. The van der Waals surface area contributed by atoms with E-state index in [4.69, 9.17) is 4.74 Å². The predicted octanol–water partition coefficient (Wildman–Crippen LogP) is 3.48. The third-order valence-electron chi connectivity index (χ3n) is 4.18. The maximum absolute atomic E-state index is 12.8. The molecule has 1 aliphatic rings. The van der Waals surface area contributed by atoms with E-state index in [0.29, 0.717) is 5.69 Å². The third kappa shape index (κ3) is 3.61. The van der Waals surface area contributed by atoms with E-state index >= 15 is 0 Å². The number of methoxy groups -OCH3 is 1. The highest BCUT2D eigenvalue weighted by Crippen LogP contribution is 2.59. The number of hydrogen-bond donors (Lipinski definition) is 1. The largest absolute Gasteiger partial charge is 0.468 e. The molecule has 0 saturated heterocycles. The summed E-state index contributed by atoms with van der Waals surface area (Å²) in [6.45, 7) is 5.79. The maximum Gasteiger partial charge on any atom is 0.394 e. The van der Waals surface area contributed by atoms with Crippen LogP contribution in [-0.4, -0.2) is 35.4 Å². The van der Waals surface area contributed by atoms with Gasteiger partial charge in [0, 0.05) is 18.2 Å². The number of carbonyl (C=O) groups excluding carboxylic acids is 1. The number of hydrogen-bond acceptors (Lipinski definition) is 3. The van der Waals surface area contributed by atoms with Crippen molar-refractivity contribution in [1.29, 1.82) is 0 Å². The topological polar surface area (TPSA) is 56.2 Å². The van der Waals surface area contributed by atoms with E-state index in [9.17, 15) is 18.0 Å². The molecule has 130 valence electrons. The summed E-state index contributed by atoms with van der Waals surface area (Å²) in [5.41, 5.74) is -1.22. The molecule has 23 heavy (non-hydrogen) atoms. The van der Waals surface area contributed by atoms with E-state index in [1.165, 1.54) is 11.7 Å². The van der Waals surface area contributed by atoms with Crippen LogP contribution < -0.4 is 10.1 Å². The summed E-state index contributed by atoms with van der Waals surface area (Å²) in [5, 5.41) is 2.51. The summed E-state index contributed by atoms with van der Waals surface area (Å²) in [4.78, 5) is 16.4. The molecule has 0 bridgehead atoms. The highest BCUT2D eigenvalue weighted by atomic mass is 19.4. The van der Waals surface area contributed by atoms with Crippen molar-refractivity contribution in [3.05, 3.63) is 11.9 Å². The van der Waals surface area contributed by atoms with Gasteiger partial charge in [0.2, 0.25) is 0 Å². The van der Waals surface area contributed by atoms with Crippen LogP contribution in [0.15, 0.2) is 6.20 Å². The monoisotopic (exact) mass is 333 g/mol. The van der Waals surface area contributed by atoms with Crippen molar-refractivity contribution in [3.63, 3.8) is 0 Å². The molecule has 0 radical (unpaired) electrons. The van der Waals surface area contributed by atoms with Gasteiger partial charge in [0.15, 0.2) is 0 Å². The fraction of sp³-hybridized carbons (Fsp3) is 0.733. The first-order valence-electron chi connectivity index (χ1n) is 7.49. The van der Waals surface area contributed by atoms with Gasteiger partial charge in [-0.3, -0.25) is 0 Å². The molecule has 0 spiro atoms. The number of nitrogens with zero attached hydrogens (tertiary/aromatic N) is 2. The molecule has 0 atom stereocenters. The quantitative estimate of drug-likeness (QED) is 0.918. The van der Waals surface area contributed by atoms with Crippen LogP contribution >= 0.6 is 0 Å². The summed E-state index contributed by atoms with van der Waals surface area (Å²) in [6, 6.07) is -0.424. The van der Waals surface area contributed by atoms with Crippen molar-refractivity contribution in [1.82, 2.24) is 14.9 Å². The number of rotatable bonds is 4. The lowest BCUT2D eigenvalue weighted by Gasteiger charge is -2.19. The molecule has 2 rings (SSSR count). The Labute approximate surface area is 133 Å². The number of imidazole rings is 1. The van der Waals surface area contributed by atoms with Crippen LogP contribution in [0.2, 0.25) is 0 Å². The summed E-state index contributed by atoms with van der Waals surface area (Å²) in [6.07, 6.45) is -2.50. The van der Waals surface area contributed by atoms with Gasteiger partial charge in [-0.2, -0.15) is 18.2 Å². The summed E-state index contributed by atoms with van der Waals surface area (Å²) < 4.78 is 44.8. The van der Waals surface area contributed by atoms with Crippen LogP contribution in [0.25, 0.3) is 0 Å². The molecule has 1 N–H and O–H groups in total. The van der Waals surface area contributed by atoms with Crippen molar-refractivity contribution in [2.75, 3.05) is 13.7 Å². The summed E-state index contributed by atoms with van der Waals surface area (Å²) in [5.74, 6) is 0. The second kappa shape index (κ2) is 5.72. The molecule has 1 aromatic rings. The normalized spacial score (nSPS) is 17.0. The predicted molar refractivity (Wildman–Crippen MR) is 78.6 cm³/mol. The SMILES string of the molecule is COc1nc(C(C)(C)C)cn1C(=O)NCCC1(C(F)(F)F)CC1. The lowest BCUT2D eigenvalue weighted by atomic mass is 9.93. The Balaban J connectivity index is 2.00. The van der Waals surface area contributed by atoms with Gasteiger partial charge in [0.25, 0.3) is 0 Å². The maximum atomic E-state index is 12.8. The number of ether oxygens (including phenoxy) is 1. The van der Waals surface area contributed by atoms with Crippen LogP contribution in [0.5, 0.6) is 6.01 Å².